The molecule has 0 radical (unpaired) electrons. The molecule has 0 saturated heterocycles. The lowest BCUT2D eigenvalue weighted by Crippen LogP contribution is -2.42. The van der Waals surface area contributed by atoms with Gasteiger partial charge in [0.1, 0.15) is 11.5 Å². The maximum atomic E-state index is 11.4. The van der Waals surface area contributed by atoms with E-state index in [1.54, 1.807) is 25.3 Å². The number of carbonyl (C=O) groups excluding carboxylic acids is 1. The molecule has 3 N–H and O–H groups in total. The third kappa shape index (κ3) is 1.73. The van der Waals surface area contributed by atoms with E-state index in [0.29, 0.717) is 17.2 Å². The Morgan fingerprint density at radius 2 is 2.40 bits per heavy atom. The zero-order valence-corrected chi connectivity index (χ0v) is 8.32. The Morgan fingerprint density at radius 3 is 3.07 bits per heavy atom. The van der Waals surface area contributed by atoms with Gasteiger partial charge in [-0.25, -0.2) is 0 Å². The quantitative estimate of drug-likeness (QED) is 0.735. The molecule has 1 amide bonds. The van der Waals surface area contributed by atoms with Crippen LogP contribution in [0.15, 0.2) is 18.2 Å². The highest BCUT2D eigenvalue weighted by Crippen LogP contribution is 2.32. The number of fused-ring (bicyclic) bond motifs is 1. The molecule has 15 heavy (non-hydrogen) atoms. The van der Waals surface area contributed by atoms with Crippen LogP contribution in [0.2, 0.25) is 0 Å². The van der Waals surface area contributed by atoms with Crippen LogP contribution in [0.25, 0.3) is 0 Å². The summed E-state index contributed by atoms with van der Waals surface area (Å²) in [6, 6.07) is 5.22. The fourth-order valence-electron chi connectivity index (χ4n) is 1.41. The second-order valence-electron chi connectivity index (χ2n) is 3.19. The van der Waals surface area contributed by atoms with Crippen LogP contribution in [0.4, 0.5) is 5.69 Å². The average Bonchev–Trinajstić information content (AvgIpc) is 2.27. The summed E-state index contributed by atoms with van der Waals surface area (Å²) in [6.07, 6.45) is -0.606. The lowest BCUT2D eigenvalue weighted by atomic mass is 10.2. The molecule has 5 nitrogen and oxygen atoms in total. The van der Waals surface area contributed by atoms with E-state index in [1.807, 2.05) is 0 Å². The SMILES string of the molecule is COc1ccc2c(c1)NC(=O)C(CN)O2. The first kappa shape index (κ1) is 9.79. The van der Waals surface area contributed by atoms with E-state index in [-0.39, 0.29) is 12.5 Å². The van der Waals surface area contributed by atoms with Gasteiger partial charge in [0.05, 0.1) is 12.8 Å². The lowest BCUT2D eigenvalue weighted by Gasteiger charge is -2.24. The second kappa shape index (κ2) is 3.78. The van der Waals surface area contributed by atoms with Gasteiger partial charge < -0.3 is 20.5 Å². The van der Waals surface area contributed by atoms with E-state index < -0.39 is 6.10 Å². The number of hydrogen-bond acceptors (Lipinski definition) is 4. The summed E-state index contributed by atoms with van der Waals surface area (Å²) in [7, 11) is 1.57. The highest BCUT2D eigenvalue weighted by molar-refractivity contribution is 5.98. The van der Waals surface area contributed by atoms with Crippen LogP contribution in [0.1, 0.15) is 0 Å². The van der Waals surface area contributed by atoms with Gasteiger partial charge in [0.25, 0.3) is 5.91 Å². The molecule has 0 bridgehead atoms. The van der Waals surface area contributed by atoms with Gasteiger partial charge in [0, 0.05) is 12.6 Å². The third-order valence-electron chi connectivity index (χ3n) is 2.22. The molecule has 80 valence electrons. The van der Waals surface area contributed by atoms with Gasteiger partial charge in [-0.3, -0.25) is 4.79 Å². The number of carbonyl (C=O) groups is 1. The van der Waals surface area contributed by atoms with Crippen molar-refractivity contribution in [1.82, 2.24) is 0 Å². The number of benzene rings is 1. The van der Waals surface area contributed by atoms with Crippen molar-refractivity contribution in [2.45, 2.75) is 6.10 Å². The number of amides is 1. The van der Waals surface area contributed by atoms with Gasteiger partial charge in [-0.05, 0) is 12.1 Å². The lowest BCUT2D eigenvalue weighted by molar-refractivity contribution is -0.123. The predicted octanol–water partition coefficient (Wildman–Crippen LogP) is 0.353. The van der Waals surface area contributed by atoms with Crippen molar-refractivity contribution in [3.8, 4) is 11.5 Å². The molecule has 0 spiro atoms. The number of nitrogens with one attached hydrogen (secondary N) is 1. The molecule has 1 aromatic rings. The number of anilines is 1. The minimum Gasteiger partial charge on any atom is -0.497 e. The molecule has 0 saturated carbocycles. The maximum absolute atomic E-state index is 11.4. The van der Waals surface area contributed by atoms with Gasteiger partial charge in [0.2, 0.25) is 0 Å². The van der Waals surface area contributed by atoms with Crippen LogP contribution in [-0.4, -0.2) is 25.7 Å². The van der Waals surface area contributed by atoms with Crippen molar-refractivity contribution in [1.29, 1.82) is 0 Å². The van der Waals surface area contributed by atoms with Crippen LogP contribution in [-0.2, 0) is 4.79 Å². The van der Waals surface area contributed by atoms with Gasteiger partial charge in [-0.15, -0.1) is 0 Å². The zero-order valence-electron chi connectivity index (χ0n) is 8.32. The molecule has 1 atom stereocenters. The van der Waals surface area contributed by atoms with Crippen LogP contribution in [0, 0.1) is 0 Å². The number of methoxy groups -OCH3 is 1. The molecule has 1 unspecified atom stereocenters. The highest BCUT2D eigenvalue weighted by atomic mass is 16.5. The Morgan fingerprint density at radius 1 is 1.60 bits per heavy atom. The Balaban J connectivity index is 2.32. The summed E-state index contributed by atoms with van der Waals surface area (Å²) in [5.74, 6) is 1.06. The van der Waals surface area contributed by atoms with Crippen molar-refractivity contribution in [2.75, 3.05) is 19.0 Å². The van der Waals surface area contributed by atoms with E-state index in [0.717, 1.165) is 0 Å². The van der Waals surface area contributed by atoms with Crippen molar-refractivity contribution in [3.05, 3.63) is 18.2 Å². The highest BCUT2D eigenvalue weighted by Gasteiger charge is 2.26. The molecular formula is C10H12N2O3. The molecule has 1 aromatic carbocycles. The zero-order chi connectivity index (χ0) is 10.8. The minimum atomic E-state index is -0.606. The number of nitrogens with two attached hydrogens (primary N) is 1. The van der Waals surface area contributed by atoms with E-state index >= 15 is 0 Å². The van der Waals surface area contributed by atoms with Crippen molar-refractivity contribution in [2.24, 2.45) is 5.73 Å². The molecule has 2 rings (SSSR count). The summed E-state index contributed by atoms with van der Waals surface area (Å²) >= 11 is 0. The topological polar surface area (TPSA) is 73.6 Å². The van der Waals surface area contributed by atoms with Gasteiger partial charge in [-0.1, -0.05) is 0 Å². The van der Waals surface area contributed by atoms with Crippen molar-refractivity contribution in [3.63, 3.8) is 0 Å². The normalized spacial score (nSPS) is 18.8. The van der Waals surface area contributed by atoms with Crippen LogP contribution >= 0.6 is 0 Å². The second-order valence-corrected chi connectivity index (χ2v) is 3.19. The number of ether oxygens (including phenoxy) is 2. The Hall–Kier alpha value is -1.75. The Labute approximate surface area is 87.2 Å². The first-order chi connectivity index (χ1) is 7.24. The fraction of sp³-hybridized carbons (Fsp3) is 0.300. The summed E-state index contributed by atoms with van der Waals surface area (Å²) in [5, 5.41) is 2.71. The Kier molecular flexibility index (Phi) is 2.47. The predicted molar refractivity (Wildman–Crippen MR) is 55.1 cm³/mol. The molecule has 0 fully saturated rings. The maximum Gasteiger partial charge on any atom is 0.266 e. The van der Waals surface area contributed by atoms with Gasteiger partial charge >= 0.3 is 0 Å². The molecule has 0 aromatic heterocycles. The van der Waals surface area contributed by atoms with E-state index in [4.69, 9.17) is 15.2 Å². The largest absolute Gasteiger partial charge is 0.497 e. The molecule has 5 heteroatoms. The summed E-state index contributed by atoms with van der Waals surface area (Å²) < 4.78 is 10.4. The van der Waals surface area contributed by atoms with E-state index in [1.165, 1.54) is 0 Å². The van der Waals surface area contributed by atoms with Crippen LogP contribution in [0.5, 0.6) is 11.5 Å². The van der Waals surface area contributed by atoms with Gasteiger partial charge in [-0.2, -0.15) is 0 Å². The molecule has 1 aliphatic rings. The molecule has 1 aliphatic heterocycles. The van der Waals surface area contributed by atoms with Crippen LogP contribution < -0.4 is 20.5 Å². The number of hydrogen-bond donors (Lipinski definition) is 2. The van der Waals surface area contributed by atoms with E-state index in [2.05, 4.69) is 5.32 Å². The molecule has 1 heterocycles. The molecule has 0 aliphatic carbocycles. The summed E-state index contributed by atoms with van der Waals surface area (Å²) in [5.41, 5.74) is 6.01. The van der Waals surface area contributed by atoms with Crippen LogP contribution in [0.3, 0.4) is 0 Å². The third-order valence-corrected chi connectivity index (χ3v) is 2.22. The molecular weight excluding hydrogens is 196 g/mol. The average molecular weight is 208 g/mol. The van der Waals surface area contributed by atoms with Gasteiger partial charge in [0.15, 0.2) is 6.10 Å². The standard InChI is InChI=1S/C10H12N2O3/c1-14-6-2-3-8-7(4-6)12-10(13)9(5-11)15-8/h2-4,9H,5,11H2,1H3,(H,12,13). The smallest absolute Gasteiger partial charge is 0.266 e. The first-order valence-electron chi connectivity index (χ1n) is 4.60. The monoisotopic (exact) mass is 208 g/mol. The first-order valence-corrected chi connectivity index (χ1v) is 4.60. The summed E-state index contributed by atoms with van der Waals surface area (Å²) in [4.78, 5) is 11.4. The fourth-order valence-corrected chi connectivity index (χ4v) is 1.41. The minimum absolute atomic E-state index is 0.164. The number of rotatable bonds is 2. The Bertz CT molecular complexity index is 392. The summed E-state index contributed by atoms with van der Waals surface area (Å²) in [6.45, 7) is 0.164. The van der Waals surface area contributed by atoms with E-state index in [9.17, 15) is 4.79 Å². The van der Waals surface area contributed by atoms with Crippen molar-refractivity contribution < 1.29 is 14.3 Å². The van der Waals surface area contributed by atoms with Crippen molar-refractivity contribution >= 4 is 11.6 Å².